The number of fused-ring (bicyclic) bond motifs is 3. The second kappa shape index (κ2) is 12.3. The molecule has 3 aromatic rings. The van der Waals surface area contributed by atoms with Crippen molar-refractivity contribution in [2.24, 2.45) is 0 Å². The summed E-state index contributed by atoms with van der Waals surface area (Å²) in [6.45, 7) is 3.63. The zero-order valence-electron chi connectivity index (χ0n) is 26.0. The Labute approximate surface area is 281 Å². The number of carbonyl (C=O) groups excluding carboxylic acids is 4. The van der Waals surface area contributed by atoms with Gasteiger partial charge in [-0.05, 0) is 19.9 Å². The number of likely N-dealkylation sites (N-methyl/N-ethyl adjacent to an activating group) is 1. The van der Waals surface area contributed by atoms with E-state index < -0.39 is 55.1 Å². The van der Waals surface area contributed by atoms with Gasteiger partial charge in [0.15, 0.2) is 5.88 Å². The molecule has 1 aromatic heterocycles. The number of nitrogens with zero attached hydrogens (tertiary/aromatic N) is 4. The molecule has 0 radical (unpaired) electrons. The van der Waals surface area contributed by atoms with E-state index in [1.165, 1.54) is 64.1 Å². The first-order valence-electron chi connectivity index (χ1n) is 14.9. The number of ketones is 4. The molecule has 2 aromatic carbocycles. The molecule has 0 spiro atoms. The Morgan fingerprint density at radius 2 is 1.20 bits per heavy atom. The number of allylic oxidation sites excluding steroid dienone is 6. The number of rotatable bonds is 9. The average Bonchev–Trinajstić information content (AvgIpc) is 3.52. The van der Waals surface area contributed by atoms with Crippen molar-refractivity contribution in [3.05, 3.63) is 130 Å². The van der Waals surface area contributed by atoms with Crippen LogP contribution < -0.4 is 4.57 Å². The van der Waals surface area contributed by atoms with E-state index in [2.05, 4.69) is 0 Å². The summed E-state index contributed by atoms with van der Waals surface area (Å²) in [4.78, 5) is 56.5. The van der Waals surface area contributed by atoms with Gasteiger partial charge in [0.05, 0.1) is 6.54 Å². The lowest BCUT2D eigenvalue weighted by molar-refractivity contribution is -0.681. The molecule has 0 amide bonds. The van der Waals surface area contributed by atoms with E-state index in [1.54, 1.807) is 38.1 Å². The predicted octanol–water partition coefficient (Wildman–Crippen LogP) is 1.92. The number of hydrogen-bond donors (Lipinski definition) is 0. The fourth-order valence-electron chi connectivity index (χ4n) is 6.37. The lowest BCUT2D eigenvalue weighted by Crippen LogP contribution is -2.45. The summed E-state index contributed by atoms with van der Waals surface area (Å²) in [5.74, 6) is -4.37. The monoisotopic (exact) mass is 703 g/mol. The van der Waals surface area contributed by atoms with Gasteiger partial charge in [0, 0.05) is 34.9 Å². The van der Waals surface area contributed by atoms with Crippen LogP contribution in [0.3, 0.4) is 0 Å². The van der Waals surface area contributed by atoms with Crippen LogP contribution in [0, 0.1) is 0 Å². The van der Waals surface area contributed by atoms with Gasteiger partial charge in [-0.3, -0.25) is 19.2 Å². The van der Waals surface area contributed by atoms with Crippen LogP contribution in [0.2, 0.25) is 0 Å². The van der Waals surface area contributed by atoms with E-state index >= 15 is 0 Å². The van der Waals surface area contributed by atoms with Crippen LogP contribution in [0.1, 0.15) is 72.5 Å². The van der Waals surface area contributed by atoms with Crippen molar-refractivity contribution in [3.63, 3.8) is 0 Å². The highest BCUT2D eigenvalue weighted by Gasteiger charge is 2.46. The Morgan fingerprint density at radius 3 is 1.71 bits per heavy atom. The highest BCUT2D eigenvalue weighted by atomic mass is 32.2. The van der Waals surface area contributed by atoms with Gasteiger partial charge in [-0.15, -0.1) is 0 Å². The minimum atomic E-state index is -4.93. The average molecular weight is 704 g/mol. The van der Waals surface area contributed by atoms with Crippen molar-refractivity contribution in [1.29, 1.82) is 0 Å². The van der Waals surface area contributed by atoms with Crippen LogP contribution in [0.15, 0.2) is 90.1 Å². The van der Waals surface area contributed by atoms with Crippen molar-refractivity contribution in [1.82, 2.24) is 14.4 Å². The first-order valence-corrected chi connectivity index (χ1v) is 18.1. The van der Waals surface area contributed by atoms with Crippen LogP contribution in [-0.2, 0) is 32.7 Å². The Kier molecular flexibility index (Phi) is 8.44. The Hall–Kier alpha value is -5.29. The van der Waals surface area contributed by atoms with Gasteiger partial charge in [0.1, 0.15) is 43.3 Å². The van der Waals surface area contributed by atoms with Crippen molar-refractivity contribution in [2.75, 3.05) is 12.4 Å². The molecule has 2 aliphatic carbocycles. The number of imidazole rings is 1. The minimum Gasteiger partial charge on any atom is -0.747 e. The lowest BCUT2D eigenvalue weighted by atomic mass is 9.90. The lowest BCUT2D eigenvalue weighted by Gasteiger charge is -2.26. The van der Waals surface area contributed by atoms with Crippen LogP contribution in [0.25, 0.3) is 6.08 Å². The maximum Gasteiger partial charge on any atom is 0.283 e. The summed E-state index contributed by atoms with van der Waals surface area (Å²) in [6.07, 6.45) is 7.10. The summed E-state index contributed by atoms with van der Waals surface area (Å²) in [5.41, 5.74) is -0.161. The van der Waals surface area contributed by atoms with Gasteiger partial charge in [0.25, 0.3) is 5.82 Å². The van der Waals surface area contributed by atoms with Crippen molar-refractivity contribution >= 4 is 49.4 Å². The van der Waals surface area contributed by atoms with Crippen molar-refractivity contribution in [3.8, 4) is 0 Å². The highest BCUT2D eigenvalue weighted by Crippen LogP contribution is 2.40. The third-order valence-corrected chi connectivity index (χ3v) is 9.40. The van der Waals surface area contributed by atoms with Crippen molar-refractivity contribution < 1.29 is 49.7 Å². The molecule has 49 heavy (non-hydrogen) atoms. The Bertz CT molecular complexity index is 2350. The van der Waals surface area contributed by atoms with Gasteiger partial charge in [-0.1, -0.05) is 66.8 Å². The maximum atomic E-state index is 13.5. The van der Waals surface area contributed by atoms with E-state index in [9.17, 15) is 45.1 Å². The number of benzene rings is 2. The molecule has 3 aliphatic rings. The quantitative estimate of drug-likeness (QED) is 0.140. The Balaban J connectivity index is 1.41. The molecule has 0 unspecified atom stereocenters. The Morgan fingerprint density at radius 1 is 0.673 bits per heavy atom. The first-order chi connectivity index (χ1) is 23.2. The molecule has 16 heteroatoms. The van der Waals surface area contributed by atoms with E-state index in [0.29, 0.717) is 0 Å². The molecule has 0 N–H and O–H groups in total. The zero-order valence-corrected chi connectivity index (χ0v) is 27.7. The molecule has 14 nitrogen and oxygen atoms in total. The van der Waals surface area contributed by atoms with Crippen LogP contribution in [0.4, 0.5) is 0 Å². The molecule has 0 saturated carbocycles. The van der Waals surface area contributed by atoms with E-state index in [4.69, 9.17) is 0 Å². The molecule has 252 valence electrons. The molecule has 2 heterocycles. The third-order valence-electron chi connectivity index (χ3n) is 8.25. The van der Waals surface area contributed by atoms with Gasteiger partial charge in [0.2, 0.25) is 34.5 Å². The largest absolute Gasteiger partial charge is 0.747 e. The molecule has 6 rings (SSSR count). The summed E-state index contributed by atoms with van der Waals surface area (Å²) in [6, 6.07) is 12.2. The number of carbonyl (C=O) groups is 4. The SMILES string of the molecule is CCN1C(=CC=CC=Cc2n(CC)c3c([n+]2CS(=O)(=O)[O-])C(=O)c2ccccc2C3=O)N(CS(=O)(=O)[O-])C2=C1C(=O)c1ccccc1C2=O. The fraction of sp³-hybridized carbons (Fsp3) is 0.182. The van der Waals surface area contributed by atoms with E-state index in [0.717, 1.165) is 9.47 Å². The summed E-state index contributed by atoms with van der Waals surface area (Å²) in [5, 5.41) is 0. The summed E-state index contributed by atoms with van der Waals surface area (Å²) >= 11 is 0. The molecule has 1 aliphatic heterocycles. The molecule has 0 fully saturated rings. The highest BCUT2D eigenvalue weighted by molar-refractivity contribution is 7.85. The van der Waals surface area contributed by atoms with Crippen LogP contribution in [-0.4, -0.2) is 75.9 Å². The molecule has 0 bridgehead atoms. The van der Waals surface area contributed by atoms with Gasteiger partial charge < -0.3 is 18.9 Å². The topological polar surface area (TPSA) is 198 Å². The fourth-order valence-corrected chi connectivity index (χ4v) is 7.53. The van der Waals surface area contributed by atoms with Crippen LogP contribution in [0.5, 0.6) is 0 Å². The third kappa shape index (κ3) is 5.78. The molecule has 0 atom stereocenters. The summed E-state index contributed by atoms with van der Waals surface area (Å²) in [7, 11) is -9.87. The number of hydrogen-bond acceptors (Lipinski definition) is 12. The first kappa shape index (κ1) is 33.6. The summed E-state index contributed by atoms with van der Waals surface area (Å²) < 4.78 is 74.1. The van der Waals surface area contributed by atoms with E-state index in [-0.39, 0.29) is 69.8 Å². The second-order valence-corrected chi connectivity index (χ2v) is 13.9. The zero-order chi connectivity index (χ0) is 35.4. The van der Waals surface area contributed by atoms with Crippen molar-refractivity contribution in [2.45, 2.75) is 26.3 Å². The predicted molar refractivity (Wildman–Crippen MR) is 170 cm³/mol. The normalized spacial score (nSPS) is 17.1. The molecule has 0 saturated heterocycles. The number of Topliss-reactive ketones (excluding diaryl/α,β-unsaturated/α-hetero) is 2. The van der Waals surface area contributed by atoms with Gasteiger partial charge >= 0.3 is 0 Å². The van der Waals surface area contributed by atoms with Gasteiger partial charge in [-0.2, -0.15) is 0 Å². The number of aromatic nitrogens is 2. The van der Waals surface area contributed by atoms with Gasteiger partial charge in [-0.25, -0.2) is 26.0 Å². The van der Waals surface area contributed by atoms with Crippen LogP contribution >= 0.6 is 0 Å². The smallest absolute Gasteiger partial charge is 0.283 e. The molecular formula is C33H27N4O10S2-. The van der Waals surface area contributed by atoms with E-state index in [1.807, 2.05) is 0 Å². The maximum absolute atomic E-state index is 13.5. The minimum absolute atomic E-state index is 0.0633. The standard InChI is InChI=1S/C33H28N4O10S2/c1-3-34-24(36(18-48(42,43)44)28-26(34)30(38)20-12-8-10-14-22(20)32(28)40)16-6-5-7-17-25-35(4-2)27-29(37(25)19-49(45,46)47)33(41)23-15-11-9-13-21(23)31(27)39/h5-17H,3-4,18-19H2,1-2H3,(H-,42,43,44,45,46,47)/p-1. The second-order valence-electron chi connectivity index (χ2n) is 11.1. The molecular weight excluding hydrogens is 677 g/mol.